The molecule has 1 rings (SSSR count). The highest BCUT2D eigenvalue weighted by Crippen LogP contribution is 2.42. The lowest BCUT2D eigenvalue weighted by molar-refractivity contribution is -0.139. The molecule has 1 unspecified atom stereocenters. The van der Waals surface area contributed by atoms with Crippen LogP contribution in [-0.2, 0) is 4.79 Å². The Hall–Kier alpha value is -0.610. The van der Waals surface area contributed by atoms with Crippen LogP contribution in [0.25, 0.3) is 0 Å². The predicted molar refractivity (Wildman–Crippen MR) is 59.7 cm³/mol. The van der Waals surface area contributed by atoms with Gasteiger partial charge in [-0.1, -0.05) is 12.8 Å². The van der Waals surface area contributed by atoms with Gasteiger partial charge in [0.15, 0.2) is 0 Å². The lowest BCUT2D eigenvalue weighted by Crippen LogP contribution is -2.40. The van der Waals surface area contributed by atoms with E-state index in [-0.39, 0.29) is 5.41 Å². The largest absolute Gasteiger partial charge is 0.480 e. The summed E-state index contributed by atoms with van der Waals surface area (Å²) in [5.41, 5.74) is 5.78. The number of hydrogen-bond donors (Lipinski definition) is 2. The first kappa shape index (κ1) is 12.5. The summed E-state index contributed by atoms with van der Waals surface area (Å²) in [5, 5.41) is 8.85. The first-order valence-corrected chi connectivity index (χ1v) is 5.58. The molecule has 0 amide bonds. The molecule has 4 heteroatoms. The fourth-order valence-corrected chi connectivity index (χ4v) is 2.78. The molecule has 0 bridgehead atoms. The van der Waals surface area contributed by atoms with Crippen molar-refractivity contribution in [3.63, 3.8) is 0 Å². The molecule has 15 heavy (non-hydrogen) atoms. The maximum Gasteiger partial charge on any atom is 0.320 e. The van der Waals surface area contributed by atoms with Gasteiger partial charge in [-0.25, -0.2) is 0 Å². The highest BCUT2D eigenvalue weighted by Gasteiger charge is 2.37. The Bertz CT molecular complexity index is 223. The number of carbonyl (C=O) groups is 1. The van der Waals surface area contributed by atoms with Gasteiger partial charge in [0.25, 0.3) is 0 Å². The van der Waals surface area contributed by atoms with E-state index in [0.717, 1.165) is 19.4 Å². The van der Waals surface area contributed by atoms with Gasteiger partial charge in [0.1, 0.15) is 6.04 Å². The standard InChI is InChI=1S/C11H22N2O2/c1-13(2)8-11(5-3-4-6-11)7-9(12)10(14)15/h9H,3-8,12H2,1-2H3,(H,14,15). The van der Waals surface area contributed by atoms with Gasteiger partial charge in [0, 0.05) is 6.54 Å². The third-order valence-electron chi connectivity index (χ3n) is 3.29. The van der Waals surface area contributed by atoms with Crippen LogP contribution in [0.3, 0.4) is 0 Å². The Kier molecular flexibility index (Phi) is 4.11. The topological polar surface area (TPSA) is 66.6 Å². The van der Waals surface area contributed by atoms with Crippen LogP contribution >= 0.6 is 0 Å². The van der Waals surface area contributed by atoms with Crippen molar-refractivity contribution >= 4 is 5.97 Å². The normalized spacial score (nSPS) is 21.9. The van der Waals surface area contributed by atoms with Crippen molar-refractivity contribution in [1.29, 1.82) is 0 Å². The minimum atomic E-state index is -0.875. The number of nitrogens with two attached hydrogens (primary N) is 1. The minimum absolute atomic E-state index is 0.140. The monoisotopic (exact) mass is 214 g/mol. The number of hydrogen-bond acceptors (Lipinski definition) is 3. The number of carboxylic acid groups (broad SMARTS) is 1. The Morgan fingerprint density at radius 2 is 2.00 bits per heavy atom. The molecule has 1 fully saturated rings. The molecule has 1 aliphatic rings. The molecule has 0 aromatic rings. The van der Waals surface area contributed by atoms with Crippen molar-refractivity contribution < 1.29 is 9.90 Å². The molecule has 0 radical (unpaired) electrons. The molecule has 4 nitrogen and oxygen atoms in total. The highest BCUT2D eigenvalue weighted by molar-refractivity contribution is 5.73. The van der Waals surface area contributed by atoms with Crippen LogP contribution in [0.1, 0.15) is 32.1 Å². The van der Waals surface area contributed by atoms with Crippen LogP contribution in [-0.4, -0.2) is 42.7 Å². The number of rotatable bonds is 5. The second-order valence-corrected chi connectivity index (χ2v) is 5.09. The smallest absolute Gasteiger partial charge is 0.320 e. The summed E-state index contributed by atoms with van der Waals surface area (Å²) in [7, 11) is 4.07. The molecule has 0 spiro atoms. The van der Waals surface area contributed by atoms with Gasteiger partial charge in [0.2, 0.25) is 0 Å². The van der Waals surface area contributed by atoms with Gasteiger partial charge < -0.3 is 15.7 Å². The summed E-state index contributed by atoms with van der Waals surface area (Å²) >= 11 is 0. The highest BCUT2D eigenvalue weighted by atomic mass is 16.4. The van der Waals surface area contributed by atoms with E-state index in [2.05, 4.69) is 4.90 Å². The average molecular weight is 214 g/mol. The predicted octanol–water partition coefficient (Wildman–Crippen LogP) is 0.910. The average Bonchev–Trinajstić information content (AvgIpc) is 2.51. The molecule has 0 aliphatic heterocycles. The third kappa shape index (κ3) is 3.47. The van der Waals surface area contributed by atoms with Gasteiger partial charge in [0.05, 0.1) is 0 Å². The third-order valence-corrected chi connectivity index (χ3v) is 3.29. The molecule has 88 valence electrons. The molecule has 1 saturated carbocycles. The zero-order valence-electron chi connectivity index (χ0n) is 9.70. The molecule has 0 aromatic heterocycles. The van der Waals surface area contributed by atoms with Gasteiger partial charge in [-0.05, 0) is 38.8 Å². The van der Waals surface area contributed by atoms with Crippen LogP contribution in [0.15, 0.2) is 0 Å². The molecule has 0 heterocycles. The van der Waals surface area contributed by atoms with Gasteiger partial charge in [-0.3, -0.25) is 4.79 Å². The zero-order chi connectivity index (χ0) is 11.5. The summed E-state index contributed by atoms with van der Waals surface area (Å²) in [6.07, 6.45) is 5.26. The van der Waals surface area contributed by atoms with E-state index >= 15 is 0 Å². The zero-order valence-corrected chi connectivity index (χ0v) is 9.70. The number of aliphatic carboxylic acids is 1. The van der Waals surface area contributed by atoms with E-state index < -0.39 is 12.0 Å². The van der Waals surface area contributed by atoms with E-state index in [1.807, 2.05) is 14.1 Å². The van der Waals surface area contributed by atoms with Crippen molar-refractivity contribution in [1.82, 2.24) is 4.90 Å². The van der Waals surface area contributed by atoms with Gasteiger partial charge in [-0.2, -0.15) is 0 Å². The SMILES string of the molecule is CN(C)CC1(CC(N)C(=O)O)CCCC1. The summed E-state index contributed by atoms with van der Waals surface area (Å²) in [6.45, 7) is 0.952. The fourth-order valence-electron chi connectivity index (χ4n) is 2.78. The van der Waals surface area contributed by atoms with Crippen LogP contribution in [0.5, 0.6) is 0 Å². The van der Waals surface area contributed by atoms with E-state index in [4.69, 9.17) is 10.8 Å². The van der Waals surface area contributed by atoms with Crippen LogP contribution in [0.2, 0.25) is 0 Å². The maximum absolute atomic E-state index is 10.8. The van der Waals surface area contributed by atoms with Crippen molar-refractivity contribution in [3.8, 4) is 0 Å². The Balaban J connectivity index is 2.60. The van der Waals surface area contributed by atoms with Gasteiger partial charge >= 0.3 is 5.97 Å². The lowest BCUT2D eigenvalue weighted by atomic mass is 9.79. The van der Waals surface area contributed by atoms with E-state index in [9.17, 15) is 4.79 Å². The number of carboxylic acids is 1. The Morgan fingerprint density at radius 3 is 2.40 bits per heavy atom. The second kappa shape index (κ2) is 4.94. The molecular formula is C11H22N2O2. The van der Waals surface area contributed by atoms with Gasteiger partial charge in [-0.15, -0.1) is 0 Å². The fraction of sp³-hybridized carbons (Fsp3) is 0.909. The quantitative estimate of drug-likeness (QED) is 0.714. The minimum Gasteiger partial charge on any atom is -0.480 e. The summed E-state index contributed by atoms with van der Waals surface area (Å²) < 4.78 is 0. The molecule has 0 aromatic carbocycles. The first-order chi connectivity index (χ1) is 6.95. The van der Waals surface area contributed by atoms with E-state index in [1.54, 1.807) is 0 Å². The van der Waals surface area contributed by atoms with Crippen molar-refractivity contribution in [2.75, 3.05) is 20.6 Å². The summed E-state index contributed by atoms with van der Waals surface area (Å²) in [6, 6.07) is -0.706. The summed E-state index contributed by atoms with van der Waals surface area (Å²) in [4.78, 5) is 12.9. The van der Waals surface area contributed by atoms with Crippen LogP contribution < -0.4 is 5.73 Å². The van der Waals surface area contributed by atoms with Crippen molar-refractivity contribution in [3.05, 3.63) is 0 Å². The molecular weight excluding hydrogens is 192 g/mol. The first-order valence-electron chi connectivity index (χ1n) is 5.58. The van der Waals surface area contributed by atoms with Crippen molar-refractivity contribution in [2.45, 2.75) is 38.1 Å². The van der Waals surface area contributed by atoms with E-state index in [0.29, 0.717) is 6.42 Å². The molecule has 0 saturated heterocycles. The van der Waals surface area contributed by atoms with Crippen LogP contribution in [0.4, 0.5) is 0 Å². The summed E-state index contributed by atoms with van der Waals surface area (Å²) in [5.74, 6) is -0.875. The molecule has 1 atom stereocenters. The Labute approximate surface area is 91.4 Å². The van der Waals surface area contributed by atoms with Crippen molar-refractivity contribution in [2.24, 2.45) is 11.1 Å². The maximum atomic E-state index is 10.8. The lowest BCUT2D eigenvalue weighted by Gasteiger charge is -2.33. The number of nitrogens with zero attached hydrogens (tertiary/aromatic N) is 1. The van der Waals surface area contributed by atoms with Crippen LogP contribution in [0, 0.1) is 5.41 Å². The second-order valence-electron chi connectivity index (χ2n) is 5.09. The molecule has 3 N–H and O–H groups in total. The molecule has 1 aliphatic carbocycles. The van der Waals surface area contributed by atoms with E-state index in [1.165, 1.54) is 12.8 Å². The Morgan fingerprint density at radius 1 is 1.47 bits per heavy atom.